The van der Waals surface area contributed by atoms with Crippen molar-refractivity contribution in [3.8, 4) is 0 Å². The van der Waals surface area contributed by atoms with E-state index in [4.69, 9.17) is 0 Å². The van der Waals surface area contributed by atoms with Crippen molar-refractivity contribution >= 4 is 39.1 Å². The molecule has 2 fully saturated rings. The largest absolute Gasteiger partial charge is 0.342 e. The van der Waals surface area contributed by atoms with Crippen LogP contribution in [0.25, 0.3) is 0 Å². The highest BCUT2D eigenvalue weighted by Crippen LogP contribution is 2.35. The fourth-order valence-electron chi connectivity index (χ4n) is 2.42. The molecule has 4 nitrogen and oxygen atoms in total. The molecule has 0 aromatic carbocycles. The van der Waals surface area contributed by atoms with Gasteiger partial charge in [-0.15, -0.1) is 11.3 Å². The van der Waals surface area contributed by atoms with Gasteiger partial charge in [0.05, 0.1) is 10.3 Å². The summed E-state index contributed by atoms with van der Waals surface area (Å²) in [6.45, 7) is 2.31. The Morgan fingerprint density at radius 3 is 2.74 bits per heavy atom. The maximum absolute atomic E-state index is 12.5. The van der Waals surface area contributed by atoms with Crippen LogP contribution in [0.4, 0.5) is 0 Å². The monoisotopic (exact) mass is 342 g/mol. The summed E-state index contributed by atoms with van der Waals surface area (Å²) in [6.07, 6.45) is 2.09. The number of rotatable bonds is 3. The van der Waals surface area contributed by atoms with Crippen LogP contribution in [0.5, 0.6) is 0 Å². The molecule has 6 heteroatoms. The lowest BCUT2D eigenvalue weighted by Crippen LogP contribution is -2.62. The average molecular weight is 343 g/mol. The Labute approximate surface area is 124 Å². The van der Waals surface area contributed by atoms with E-state index in [1.165, 1.54) is 0 Å². The molecule has 2 heterocycles. The highest BCUT2D eigenvalue weighted by Gasteiger charge is 2.45. The number of piperazine rings is 1. The summed E-state index contributed by atoms with van der Waals surface area (Å²) in [5.74, 6) is 0.382. The zero-order chi connectivity index (χ0) is 13.6. The maximum Gasteiger partial charge on any atom is 0.246 e. The van der Waals surface area contributed by atoms with Gasteiger partial charge in [-0.3, -0.25) is 9.59 Å². The van der Waals surface area contributed by atoms with Gasteiger partial charge in [-0.05, 0) is 53.7 Å². The Morgan fingerprint density at radius 1 is 1.42 bits per heavy atom. The topological polar surface area (TPSA) is 49.4 Å². The molecule has 1 N–H and O–H groups in total. The second-order valence-corrected chi connectivity index (χ2v) is 7.72. The van der Waals surface area contributed by atoms with Crippen molar-refractivity contribution in [2.75, 3.05) is 0 Å². The second kappa shape index (κ2) is 4.90. The van der Waals surface area contributed by atoms with Crippen molar-refractivity contribution in [2.24, 2.45) is 5.92 Å². The van der Waals surface area contributed by atoms with Gasteiger partial charge in [-0.2, -0.15) is 0 Å². The maximum atomic E-state index is 12.5. The lowest BCUT2D eigenvalue weighted by molar-refractivity contribution is -0.149. The van der Waals surface area contributed by atoms with Crippen LogP contribution in [0, 0.1) is 5.92 Å². The average Bonchev–Trinajstić information content (AvgIpc) is 3.13. The minimum atomic E-state index is -0.386. The zero-order valence-electron chi connectivity index (χ0n) is 10.6. The lowest BCUT2D eigenvalue weighted by atomic mass is 10.0. The number of nitrogens with one attached hydrogen (secondary N) is 1. The first-order valence-electron chi connectivity index (χ1n) is 6.41. The van der Waals surface area contributed by atoms with Gasteiger partial charge in [0, 0.05) is 4.88 Å². The highest BCUT2D eigenvalue weighted by molar-refractivity contribution is 9.11. The number of thiophene rings is 1. The van der Waals surface area contributed by atoms with E-state index in [1.54, 1.807) is 23.2 Å². The number of carbonyl (C=O) groups excluding carboxylic acids is 2. The van der Waals surface area contributed by atoms with Crippen molar-refractivity contribution in [2.45, 2.75) is 38.4 Å². The Bertz CT molecular complexity index is 526. The van der Waals surface area contributed by atoms with Gasteiger partial charge in [0.2, 0.25) is 11.8 Å². The molecule has 2 aliphatic rings. The lowest BCUT2D eigenvalue weighted by Gasteiger charge is -2.37. The normalized spacial score (nSPS) is 27.6. The third kappa shape index (κ3) is 2.56. The van der Waals surface area contributed by atoms with E-state index in [0.717, 1.165) is 21.5 Å². The van der Waals surface area contributed by atoms with Crippen LogP contribution in [0.1, 0.15) is 24.6 Å². The van der Waals surface area contributed by atoms with Crippen LogP contribution in [0.2, 0.25) is 0 Å². The van der Waals surface area contributed by atoms with Gasteiger partial charge < -0.3 is 10.2 Å². The number of carbonyl (C=O) groups is 2. The second-order valence-electron chi connectivity index (χ2n) is 5.17. The van der Waals surface area contributed by atoms with E-state index in [2.05, 4.69) is 21.2 Å². The molecule has 19 heavy (non-hydrogen) atoms. The quantitative estimate of drug-likeness (QED) is 0.914. The zero-order valence-corrected chi connectivity index (χ0v) is 13.0. The molecular formula is C13H15BrN2O2S. The minimum Gasteiger partial charge on any atom is -0.342 e. The Balaban J connectivity index is 1.80. The predicted octanol–water partition coefficient (Wildman–Crippen LogP) is 2.14. The predicted molar refractivity (Wildman–Crippen MR) is 76.7 cm³/mol. The van der Waals surface area contributed by atoms with E-state index >= 15 is 0 Å². The molecule has 2 amide bonds. The van der Waals surface area contributed by atoms with Crippen molar-refractivity contribution in [3.05, 3.63) is 20.8 Å². The van der Waals surface area contributed by atoms with E-state index in [-0.39, 0.29) is 23.9 Å². The third-order valence-corrected chi connectivity index (χ3v) is 5.35. The molecule has 1 aromatic heterocycles. The van der Waals surface area contributed by atoms with Crippen LogP contribution in [-0.4, -0.2) is 28.8 Å². The van der Waals surface area contributed by atoms with Crippen molar-refractivity contribution < 1.29 is 9.59 Å². The van der Waals surface area contributed by atoms with Gasteiger partial charge in [0.1, 0.15) is 12.1 Å². The molecular weight excluding hydrogens is 328 g/mol. The molecule has 2 atom stereocenters. The van der Waals surface area contributed by atoms with Crippen LogP contribution in [0.15, 0.2) is 15.9 Å². The Morgan fingerprint density at radius 2 is 2.16 bits per heavy atom. The van der Waals surface area contributed by atoms with Gasteiger partial charge >= 0.3 is 0 Å². The van der Waals surface area contributed by atoms with E-state index in [9.17, 15) is 9.59 Å². The summed E-state index contributed by atoms with van der Waals surface area (Å²) in [5.41, 5.74) is 0. The van der Waals surface area contributed by atoms with Gasteiger partial charge in [-0.25, -0.2) is 0 Å². The van der Waals surface area contributed by atoms with Gasteiger partial charge in [-0.1, -0.05) is 0 Å². The Hall–Kier alpha value is -0.880. The number of hydrogen-bond acceptors (Lipinski definition) is 3. The molecule has 1 aliphatic heterocycles. The summed E-state index contributed by atoms with van der Waals surface area (Å²) in [7, 11) is 0. The minimum absolute atomic E-state index is 0.0351. The number of nitrogens with zero attached hydrogens (tertiary/aromatic N) is 1. The number of hydrogen-bond donors (Lipinski definition) is 1. The third-order valence-electron chi connectivity index (χ3n) is 3.74. The summed E-state index contributed by atoms with van der Waals surface area (Å²) in [4.78, 5) is 27.3. The van der Waals surface area contributed by atoms with Crippen molar-refractivity contribution in [1.29, 1.82) is 0 Å². The number of halogens is 1. The van der Waals surface area contributed by atoms with Crippen LogP contribution < -0.4 is 5.32 Å². The SMILES string of the molecule is CC1C(=O)NC(C2CC2)C(=O)N1Cc1ccc(Br)s1. The smallest absolute Gasteiger partial charge is 0.246 e. The first-order chi connectivity index (χ1) is 9.06. The molecule has 2 unspecified atom stereocenters. The highest BCUT2D eigenvalue weighted by atomic mass is 79.9. The molecule has 1 saturated carbocycles. The summed E-state index contributed by atoms with van der Waals surface area (Å²) < 4.78 is 1.04. The van der Waals surface area contributed by atoms with E-state index < -0.39 is 0 Å². The summed E-state index contributed by atoms with van der Waals surface area (Å²) in [5, 5.41) is 2.86. The molecule has 102 valence electrons. The Kier molecular flexibility index (Phi) is 3.39. The summed E-state index contributed by atoms with van der Waals surface area (Å²) >= 11 is 5.02. The van der Waals surface area contributed by atoms with Crippen molar-refractivity contribution in [3.63, 3.8) is 0 Å². The molecule has 1 aromatic rings. The van der Waals surface area contributed by atoms with E-state index in [1.807, 2.05) is 12.1 Å². The summed E-state index contributed by atoms with van der Waals surface area (Å²) in [6, 6.07) is 3.28. The van der Waals surface area contributed by atoms with Crippen LogP contribution in [-0.2, 0) is 16.1 Å². The first-order valence-corrected chi connectivity index (χ1v) is 8.02. The molecule has 0 radical (unpaired) electrons. The first kappa shape index (κ1) is 13.1. The van der Waals surface area contributed by atoms with Crippen LogP contribution in [0.3, 0.4) is 0 Å². The van der Waals surface area contributed by atoms with Gasteiger partial charge in [0.15, 0.2) is 0 Å². The van der Waals surface area contributed by atoms with Crippen molar-refractivity contribution in [1.82, 2.24) is 10.2 Å². The fraction of sp³-hybridized carbons (Fsp3) is 0.538. The number of amides is 2. The van der Waals surface area contributed by atoms with E-state index in [0.29, 0.717) is 12.5 Å². The molecule has 1 saturated heterocycles. The molecule has 3 rings (SSSR count). The molecule has 0 bridgehead atoms. The molecule has 0 spiro atoms. The fourth-order valence-corrected chi connectivity index (χ4v) is 3.90. The van der Waals surface area contributed by atoms with Crippen LogP contribution >= 0.6 is 27.3 Å². The standard InChI is InChI=1S/C13H15BrN2O2S/c1-7-12(17)15-11(8-2-3-8)13(18)16(7)6-9-4-5-10(14)19-9/h4-5,7-8,11H,2-3,6H2,1H3,(H,15,17). The molecule has 1 aliphatic carbocycles. The van der Waals surface area contributed by atoms with Gasteiger partial charge in [0.25, 0.3) is 0 Å².